The van der Waals surface area contributed by atoms with E-state index in [1.165, 1.54) is 25.5 Å². The van der Waals surface area contributed by atoms with Crippen LogP contribution in [0.4, 0.5) is 5.95 Å². The molecule has 0 spiro atoms. The Bertz CT molecular complexity index is 952. The fraction of sp³-hybridized carbons (Fsp3) is 0.0556. The molecule has 7 heteroatoms. The first kappa shape index (κ1) is 16.3. The van der Waals surface area contributed by atoms with Gasteiger partial charge in [-0.25, -0.2) is 10.4 Å². The summed E-state index contributed by atoms with van der Waals surface area (Å²) in [7, 11) is 1.48. The molecule has 0 aliphatic heterocycles. The van der Waals surface area contributed by atoms with Gasteiger partial charge in [0, 0.05) is 11.6 Å². The first-order valence-corrected chi connectivity index (χ1v) is 7.48. The normalized spacial score (nSPS) is 10.8. The SMILES string of the molecule is COc1ccc(/C=N\Nc2nc(-c3ccccc3)cc(=O)[nH]2)cc1O. The zero-order valence-electron chi connectivity index (χ0n) is 13.4. The fourth-order valence-corrected chi connectivity index (χ4v) is 2.22. The maximum absolute atomic E-state index is 11.8. The Morgan fingerprint density at radius 2 is 2.00 bits per heavy atom. The van der Waals surface area contributed by atoms with Gasteiger partial charge >= 0.3 is 0 Å². The number of hydrazone groups is 1. The lowest BCUT2D eigenvalue weighted by molar-refractivity contribution is 0.373. The summed E-state index contributed by atoms with van der Waals surface area (Å²) in [5.74, 6) is 0.621. The monoisotopic (exact) mass is 336 g/mol. The number of nitrogens with zero attached hydrogens (tertiary/aromatic N) is 2. The van der Waals surface area contributed by atoms with E-state index in [1.807, 2.05) is 30.3 Å². The molecule has 25 heavy (non-hydrogen) atoms. The molecule has 0 atom stereocenters. The number of aromatic hydroxyl groups is 1. The molecule has 0 aliphatic rings. The third-order valence-corrected chi connectivity index (χ3v) is 3.40. The molecule has 1 aromatic heterocycles. The molecule has 3 rings (SSSR count). The maximum Gasteiger partial charge on any atom is 0.252 e. The summed E-state index contributed by atoms with van der Waals surface area (Å²) in [6.45, 7) is 0. The summed E-state index contributed by atoms with van der Waals surface area (Å²) < 4.78 is 4.98. The molecule has 1 heterocycles. The minimum Gasteiger partial charge on any atom is -0.504 e. The van der Waals surface area contributed by atoms with E-state index in [-0.39, 0.29) is 17.3 Å². The van der Waals surface area contributed by atoms with Crippen molar-refractivity contribution in [2.24, 2.45) is 5.10 Å². The molecule has 0 saturated heterocycles. The number of ether oxygens (including phenoxy) is 1. The molecule has 126 valence electrons. The number of hydrogen-bond donors (Lipinski definition) is 3. The first-order valence-electron chi connectivity index (χ1n) is 7.48. The molecule has 0 aliphatic carbocycles. The summed E-state index contributed by atoms with van der Waals surface area (Å²) in [4.78, 5) is 18.7. The van der Waals surface area contributed by atoms with Crippen LogP contribution in [0.15, 0.2) is 64.5 Å². The molecule has 3 N–H and O–H groups in total. The predicted octanol–water partition coefficient (Wildman–Crippen LogP) is 2.60. The van der Waals surface area contributed by atoms with Crippen molar-refractivity contribution in [3.63, 3.8) is 0 Å². The van der Waals surface area contributed by atoms with Gasteiger partial charge in [-0.15, -0.1) is 0 Å². The Hall–Kier alpha value is -3.61. The van der Waals surface area contributed by atoms with Crippen LogP contribution in [0.2, 0.25) is 0 Å². The summed E-state index contributed by atoms with van der Waals surface area (Å²) in [5, 5.41) is 13.8. The summed E-state index contributed by atoms with van der Waals surface area (Å²) in [6.07, 6.45) is 1.49. The van der Waals surface area contributed by atoms with E-state index in [2.05, 4.69) is 20.5 Å². The van der Waals surface area contributed by atoms with E-state index < -0.39 is 0 Å². The quantitative estimate of drug-likeness (QED) is 0.491. The molecular weight excluding hydrogens is 320 g/mol. The smallest absolute Gasteiger partial charge is 0.252 e. The molecule has 3 aromatic rings. The average Bonchev–Trinajstić information content (AvgIpc) is 2.62. The number of phenolic OH excluding ortho intramolecular Hbond substituents is 1. The van der Waals surface area contributed by atoms with Crippen molar-refractivity contribution in [1.82, 2.24) is 9.97 Å². The van der Waals surface area contributed by atoms with Gasteiger partial charge in [-0.3, -0.25) is 9.78 Å². The first-order chi connectivity index (χ1) is 12.2. The Morgan fingerprint density at radius 1 is 1.20 bits per heavy atom. The van der Waals surface area contributed by atoms with Crippen molar-refractivity contribution in [2.45, 2.75) is 0 Å². The molecular formula is C18H16N4O3. The van der Waals surface area contributed by atoms with Gasteiger partial charge in [0.2, 0.25) is 5.95 Å². The number of benzene rings is 2. The minimum absolute atomic E-state index is 0.0176. The highest BCUT2D eigenvalue weighted by molar-refractivity contribution is 5.81. The van der Waals surface area contributed by atoms with E-state index in [9.17, 15) is 9.90 Å². The highest BCUT2D eigenvalue weighted by Crippen LogP contribution is 2.25. The highest BCUT2D eigenvalue weighted by atomic mass is 16.5. The number of aromatic amines is 1. The lowest BCUT2D eigenvalue weighted by Gasteiger charge is -2.04. The van der Waals surface area contributed by atoms with E-state index >= 15 is 0 Å². The third kappa shape index (κ3) is 4.03. The summed E-state index contributed by atoms with van der Waals surface area (Å²) >= 11 is 0. The predicted molar refractivity (Wildman–Crippen MR) is 96.2 cm³/mol. The van der Waals surface area contributed by atoms with Gasteiger partial charge in [-0.2, -0.15) is 5.10 Å². The van der Waals surface area contributed by atoms with E-state index in [0.29, 0.717) is 17.0 Å². The van der Waals surface area contributed by atoms with Crippen LogP contribution in [-0.2, 0) is 0 Å². The van der Waals surface area contributed by atoms with Crippen LogP contribution in [0, 0.1) is 0 Å². The van der Waals surface area contributed by atoms with Crippen molar-refractivity contribution < 1.29 is 9.84 Å². The Labute approximate surface area is 143 Å². The van der Waals surface area contributed by atoms with Crippen molar-refractivity contribution in [3.05, 3.63) is 70.5 Å². The molecule has 0 radical (unpaired) electrons. The fourth-order valence-electron chi connectivity index (χ4n) is 2.22. The second kappa shape index (κ2) is 7.31. The number of hydrogen-bond acceptors (Lipinski definition) is 6. The van der Waals surface area contributed by atoms with Gasteiger partial charge < -0.3 is 9.84 Å². The largest absolute Gasteiger partial charge is 0.504 e. The van der Waals surface area contributed by atoms with Crippen LogP contribution in [0.25, 0.3) is 11.3 Å². The number of methoxy groups -OCH3 is 1. The van der Waals surface area contributed by atoms with Gasteiger partial charge in [-0.1, -0.05) is 30.3 Å². The number of nitrogens with one attached hydrogen (secondary N) is 2. The molecule has 0 fully saturated rings. The molecule has 0 amide bonds. The topological polar surface area (TPSA) is 99.6 Å². The Morgan fingerprint density at radius 3 is 2.72 bits per heavy atom. The van der Waals surface area contributed by atoms with Crippen LogP contribution in [0.1, 0.15) is 5.56 Å². The standard InChI is InChI=1S/C18H16N4O3/c1-25-16-8-7-12(9-15(16)23)11-19-22-18-20-14(10-17(24)21-18)13-5-3-2-4-6-13/h2-11,23H,1H3,(H2,20,21,22,24)/b19-11-. The van der Waals surface area contributed by atoms with Gasteiger partial charge in [-0.05, 0) is 23.8 Å². The number of H-pyrrole nitrogens is 1. The lowest BCUT2D eigenvalue weighted by Crippen LogP contribution is -2.10. The highest BCUT2D eigenvalue weighted by Gasteiger charge is 2.03. The van der Waals surface area contributed by atoms with E-state index in [1.54, 1.807) is 12.1 Å². The van der Waals surface area contributed by atoms with Gasteiger partial charge in [0.15, 0.2) is 11.5 Å². The van der Waals surface area contributed by atoms with Crippen LogP contribution in [0.5, 0.6) is 11.5 Å². The molecule has 0 unspecified atom stereocenters. The second-order valence-electron chi connectivity index (χ2n) is 5.15. The van der Waals surface area contributed by atoms with Crippen molar-refractivity contribution in [2.75, 3.05) is 12.5 Å². The summed E-state index contributed by atoms with van der Waals surface area (Å²) in [6, 6.07) is 15.7. The minimum atomic E-state index is -0.284. The zero-order chi connectivity index (χ0) is 17.6. The van der Waals surface area contributed by atoms with Crippen LogP contribution >= 0.6 is 0 Å². The van der Waals surface area contributed by atoms with Crippen molar-refractivity contribution >= 4 is 12.2 Å². The molecule has 0 saturated carbocycles. The van der Waals surface area contributed by atoms with Crippen LogP contribution in [0.3, 0.4) is 0 Å². The van der Waals surface area contributed by atoms with E-state index in [0.717, 1.165) is 5.56 Å². The van der Waals surface area contributed by atoms with Gasteiger partial charge in [0.25, 0.3) is 5.56 Å². The van der Waals surface area contributed by atoms with Gasteiger partial charge in [0.05, 0.1) is 19.0 Å². The van der Waals surface area contributed by atoms with E-state index in [4.69, 9.17) is 4.74 Å². The average molecular weight is 336 g/mol. The number of aromatic nitrogens is 2. The molecule has 7 nitrogen and oxygen atoms in total. The Kier molecular flexibility index (Phi) is 4.75. The zero-order valence-corrected chi connectivity index (χ0v) is 13.4. The third-order valence-electron chi connectivity index (χ3n) is 3.40. The van der Waals surface area contributed by atoms with Crippen molar-refractivity contribution in [1.29, 1.82) is 0 Å². The van der Waals surface area contributed by atoms with Crippen molar-refractivity contribution in [3.8, 4) is 22.8 Å². The Balaban J connectivity index is 1.78. The number of anilines is 1. The number of phenols is 1. The summed E-state index contributed by atoms with van der Waals surface area (Å²) in [5.41, 5.74) is 4.44. The molecule has 2 aromatic carbocycles. The van der Waals surface area contributed by atoms with Crippen LogP contribution < -0.4 is 15.7 Å². The van der Waals surface area contributed by atoms with Gasteiger partial charge in [0.1, 0.15) is 0 Å². The maximum atomic E-state index is 11.8. The van der Waals surface area contributed by atoms with Crippen LogP contribution in [-0.4, -0.2) is 28.4 Å². The number of rotatable bonds is 5. The lowest BCUT2D eigenvalue weighted by atomic mass is 10.1. The second-order valence-corrected chi connectivity index (χ2v) is 5.15. The molecule has 0 bridgehead atoms.